The molecule has 1 atom stereocenters. The van der Waals surface area contributed by atoms with Crippen LogP contribution in [0, 0.1) is 6.92 Å². The maximum atomic E-state index is 5.69. The van der Waals surface area contributed by atoms with Gasteiger partial charge in [-0.25, -0.2) is 4.68 Å². The predicted octanol–water partition coefficient (Wildman–Crippen LogP) is 2.75. The number of nitrogens with one attached hydrogen (secondary N) is 1. The molecule has 2 aromatic rings. The first-order valence-electron chi connectivity index (χ1n) is 8.33. The van der Waals surface area contributed by atoms with Crippen LogP contribution in [0.15, 0.2) is 18.2 Å². The first-order chi connectivity index (χ1) is 11.6. The minimum Gasteiger partial charge on any atom is -0.486 e. The van der Waals surface area contributed by atoms with Crippen molar-refractivity contribution in [3.05, 3.63) is 35.0 Å². The number of aromatic nitrogens is 2. The van der Waals surface area contributed by atoms with Gasteiger partial charge in [0, 0.05) is 19.6 Å². The molecule has 2 heterocycles. The molecule has 1 aromatic heterocycles. The molecule has 0 radical (unpaired) electrons. The van der Waals surface area contributed by atoms with Crippen LogP contribution in [0.4, 0.5) is 0 Å². The summed E-state index contributed by atoms with van der Waals surface area (Å²) in [7, 11) is 3.57. The number of nitrogens with zero attached hydrogens (tertiary/aromatic N) is 2. The van der Waals surface area contributed by atoms with Crippen molar-refractivity contribution in [2.75, 3.05) is 20.3 Å². The van der Waals surface area contributed by atoms with Gasteiger partial charge < -0.3 is 19.5 Å². The van der Waals surface area contributed by atoms with Gasteiger partial charge in [-0.05, 0) is 31.0 Å². The van der Waals surface area contributed by atoms with Crippen LogP contribution in [0.1, 0.15) is 36.2 Å². The number of hydrogen-bond acceptors (Lipinski definition) is 5. The number of hydrogen-bond donors (Lipinski definition) is 1. The van der Waals surface area contributed by atoms with Crippen LogP contribution in [0.2, 0.25) is 0 Å². The molecule has 6 heteroatoms. The summed E-state index contributed by atoms with van der Waals surface area (Å²) in [4.78, 5) is 0. The Kier molecular flexibility index (Phi) is 4.94. The normalized spacial score (nSPS) is 14.5. The van der Waals surface area contributed by atoms with Gasteiger partial charge in [-0.2, -0.15) is 5.10 Å². The lowest BCUT2D eigenvalue weighted by molar-refractivity contribution is 0.171. The fourth-order valence-corrected chi connectivity index (χ4v) is 3.14. The van der Waals surface area contributed by atoms with Crippen molar-refractivity contribution >= 4 is 0 Å². The summed E-state index contributed by atoms with van der Waals surface area (Å²) in [6.07, 6.45) is 0.973. The topological polar surface area (TPSA) is 57.5 Å². The number of aryl methyl sites for hydroxylation is 2. The maximum absolute atomic E-state index is 5.69. The number of benzene rings is 1. The molecule has 1 unspecified atom stereocenters. The summed E-state index contributed by atoms with van der Waals surface area (Å²) in [6.45, 7) is 6.09. The van der Waals surface area contributed by atoms with Crippen LogP contribution in [-0.4, -0.2) is 30.1 Å². The van der Waals surface area contributed by atoms with Crippen LogP contribution in [-0.2, 0) is 13.6 Å². The van der Waals surface area contributed by atoms with Gasteiger partial charge in [0.15, 0.2) is 11.5 Å². The van der Waals surface area contributed by atoms with E-state index in [1.807, 2.05) is 20.0 Å². The molecule has 0 spiro atoms. The average molecular weight is 331 g/mol. The summed E-state index contributed by atoms with van der Waals surface area (Å²) in [5.74, 6) is 2.45. The third-order valence-corrected chi connectivity index (χ3v) is 4.38. The van der Waals surface area contributed by atoms with E-state index in [0.717, 1.165) is 35.1 Å². The fourth-order valence-electron chi connectivity index (χ4n) is 3.14. The van der Waals surface area contributed by atoms with E-state index < -0.39 is 0 Å². The SMILES string of the molecule is CCC(NCc1c(C)nn(C)c1OC)c1ccc2c(c1)OCCO2. The Morgan fingerprint density at radius 2 is 2.04 bits per heavy atom. The van der Waals surface area contributed by atoms with E-state index in [1.165, 1.54) is 5.56 Å². The molecule has 1 aliphatic heterocycles. The molecule has 24 heavy (non-hydrogen) atoms. The second-order valence-electron chi connectivity index (χ2n) is 5.94. The van der Waals surface area contributed by atoms with E-state index in [1.54, 1.807) is 11.8 Å². The summed E-state index contributed by atoms with van der Waals surface area (Å²) in [6, 6.07) is 6.39. The lowest BCUT2D eigenvalue weighted by atomic mass is 10.0. The van der Waals surface area contributed by atoms with Crippen LogP contribution in [0.5, 0.6) is 17.4 Å². The van der Waals surface area contributed by atoms with Crippen LogP contribution in [0.3, 0.4) is 0 Å². The number of ether oxygens (including phenoxy) is 3. The Labute approximate surface area is 142 Å². The monoisotopic (exact) mass is 331 g/mol. The highest BCUT2D eigenvalue weighted by Gasteiger charge is 2.18. The molecular formula is C18H25N3O3. The molecule has 0 saturated carbocycles. The Morgan fingerprint density at radius 1 is 1.29 bits per heavy atom. The van der Waals surface area contributed by atoms with Crippen molar-refractivity contribution < 1.29 is 14.2 Å². The van der Waals surface area contributed by atoms with Crippen molar-refractivity contribution in [2.24, 2.45) is 7.05 Å². The van der Waals surface area contributed by atoms with Crippen molar-refractivity contribution in [1.29, 1.82) is 0 Å². The van der Waals surface area contributed by atoms with E-state index in [2.05, 4.69) is 29.5 Å². The smallest absolute Gasteiger partial charge is 0.216 e. The maximum Gasteiger partial charge on any atom is 0.216 e. The van der Waals surface area contributed by atoms with Crippen LogP contribution >= 0.6 is 0 Å². The molecule has 1 aromatic carbocycles. The van der Waals surface area contributed by atoms with Gasteiger partial charge in [0.25, 0.3) is 0 Å². The molecule has 0 bridgehead atoms. The van der Waals surface area contributed by atoms with E-state index in [9.17, 15) is 0 Å². The Hall–Kier alpha value is -2.21. The second kappa shape index (κ2) is 7.13. The fraction of sp³-hybridized carbons (Fsp3) is 0.500. The predicted molar refractivity (Wildman–Crippen MR) is 91.8 cm³/mol. The third-order valence-electron chi connectivity index (χ3n) is 4.38. The number of methoxy groups -OCH3 is 1. The summed E-state index contributed by atoms with van der Waals surface area (Å²) >= 11 is 0. The molecule has 130 valence electrons. The average Bonchev–Trinajstić information content (AvgIpc) is 2.88. The quantitative estimate of drug-likeness (QED) is 0.882. The molecule has 3 rings (SSSR count). The van der Waals surface area contributed by atoms with Gasteiger partial charge >= 0.3 is 0 Å². The van der Waals surface area contributed by atoms with E-state index in [0.29, 0.717) is 19.8 Å². The first kappa shape index (κ1) is 16.6. The van der Waals surface area contributed by atoms with E-state index in [-0.39, 0.29) is 6.04 Å². The van der Waals surface area contributed by atoms with E-state index in [4.69, 9.17) is 14.2 Å². The minimum atomic E-state index is 0.227. The summed E-state index contributed by atoms with van der Waals surface area (Å²) < 4.78 is 18.5. The standard InChI is InChI=1S/C18H25N3O3/c1-5-15(13-6-7-16-17(10-13)24-9-8-23-16)19-11-14-12(2)20-21(3)18(14)22-4/h6-7,10,15,19H,5,8-9,11H2,1-4H3. The summed E-state index contributed by atoms with van der Waals surface area (Å²) in [5.41, 5.74) is 3.28. The van der Waals surface area contributed by atoms with Gasteiger partial charge in [0.05, 0.1) is 18.4 Å². The van der Waals surface area contributed by atoms with Gasteiger partial charge in [-0.15, -0.1) is 0 Å². The molecule has 1 aliphatic rings. The molecule has 0 fully saturated rings. The Bertz CT molecular complexity index is 712. The summed E-state index contributed by atoms with van der Waals surface area (Å²) in [5, 5.41) is 8.04. The third kappa shape index (κ3) is 3.19. The molecule has 6 nitrogen and oxygen atoms in total. The number of fused-ring (bicyclic) bond motifs is 1. The van der Waals surface area contributed by atoms with Gasteiger partial charge in [-0.3, -0.25) is 0 Å². The van der Waals surface area contributed by atoms with Gasteiger partial charge in [0.2, 0.25) is 5.88 Å². The van der Waals surface area contributed by atoms with Gasteiger partial charge in [0.1, 0.15) is 13.2 Å². The van der Waals surface area contributed by atoms with Crippen LogP contribution < -0.4 is 19.5 Å². The van der Waals surface area contributed by atoms with Crippen molar-refractivity contribution in [2.45, 2.75) is 32.9 Å². The van der Waals surface area contributed by atoms with Crippen molar-refractivity contribution in [3.63, 3.8) is 0 Å². The zero-order chi connectivity index (χ0) is 17.1. The molecule has 0 aliphatic carbocycles. The molecular weight excluding hydrogens is 306 g/mol. The van der Waals surface area contributed by atoms with Crippen LogP contribution in [0.25, 0.3) is 0 Å². The first-order valence-corrected chi connectivity index (χ1v) is 8.33. The largest absolute Gasteiger partial charge is 0.486 e. The van der Waals surface area contributed by atoms with Crippen molar-refractivity contribution in [1.82, 2.24) is 15.1 Å². The molecule has 0 amide bonds. The van der Waals surface area contributed by atoms with Gasteiger partial charge in [-0.1, -0.05) is 13.0 Å². The molecule has 1 N–H and O–H groups in total. The van der Waals surface area contributed by atoms with Crippen molar-refractivity contribution in [3.8, 4) is 17.4 Å². The zero-order valence-electron chi connectivity index (χ0n) is 14.8. The Morgan fingerprint density at radius 3 is 2.75 bits per heavy atom. The zero-order valence-corrected chi connectivity index (χ0v) is 14.8. The second-order valence-corrected chi connectivity index (χ2v) is 5.94. The Balaban J connectivity index is 1.76. The highest BCUT2D eigenvalue weighted by atomic mass is 16.6. The highest BCUT2D eigenvalue weighted by molar-refractivity contribution is 5.44. The number of rotatable bonds is 6. The highest BCUT2D eigenvalue weighted by Crippen LogP contribution is 2.33. The molecule has 0 saturated heterocycles. The van der Waals surface area contributed by atoms with E-state index >= 15 is 0 Å². The minimum absolute atomic E-state index is 0.227. The lowest BCUT2D eigenvalue weighted by Gasteiger charge is -2.22. The lowest BCUT2D eigenvalue weighted by Crippen LogP contribution is -2.21.